The highest BCUT2D eigenvalue weighted by molar-refractivity contribution is 5.97. The molecule has 0 saturated heterocycles. The van der Waals surface area contributed by atoms with E-state index in [-0.39, 0.29) is 12.3 Å². The van der Waals surface area contributed by atoms with Crippen LogP contribution in [0.5, 0.6) is 5.75 Å². The monoisotopic (exact) mass is 373 g/mol. The van der Waals surface area contributed by atoms with Crippen LogP contribution >= 0.6 is 0 Å². The quantitative estimate of drug-likeness (QED) is 0.507. The maximum Gasteiger partial charge on any atom is 0.303 e. The third-order valence-corrected chi connectivity index (χ3v) is 4.64. The Kier molecular flexibility index (Phi) is 7.05. The molecule has 0 aliphatic rings. The minimum atomic E-state index is -0.786. The largest absolute Gasteiger partial charge is 0.496 e. The van der Waals surface area contributed by atoms with Gasteiger partial charge in [-0.2, -0.15) is 0 Å². The topological polar surface area (TPSA) is 88.8 Å². The first kappa shape index (κ1) is 20.6. The molecular weight excluding hydrogens is 346 g/mol. The summed E-state index contributed by atoms with van der Waals surface area (Å²) in [6, 6.07) is 3.84. The summed E-state index contributed by atoms with van der Waals surface area (Å²) < 4.78 is 11.2. The van der Waals surface area contributed by atoms with Crippen molar-refractivity contribution < 1.29 is 23.8 Å². The Bertz CT molecular complexity index is 863. The number of carbonyl (C=O) groups excluding carboxylic acids is 1. The van der Waals surface area contributed by atoms with Gasteiger partial charge in [-0.25, -0.2) is 0 Å². The van der Waals surface area contributed by atoms with Gasteiger partial charge in [-0.05, 0) is 50.8 Å². The molecule has 1 heterocycles. The number of aryl methyl sites for hydroxylation is 2. The Morgan fingerprint density at radius 3 is 2.63 bits per heavy atom. The van der Waals surface area contributed by atoms with Crippen molar-refractivity contribution in [1.82, 2.24) is 5.32 Å². The number of ether oxygens (including phenoxy) is 1. The number of carbonyl (C=O) groups is 2. The number of carboxylic acid groups (broad SMARTS) is 1. The summed E-state index contributed by atoms with van der Waals surface area (Å²) in [4.78, 5) is 22.6. The van der Waals surface area contributed by atoms with Gasteiger partial charge >= 0.3 is 5.97 Å². The van der Waals surface area contributed by atoms with Gasteiger partial charge in [0, 0.05) is 36.1 Å². The standard InChI is InChI=1S/C21H27NO5/c1-13(10-20(23)22-9-7-5-6-8-21(24)25)16-11-17-14(2)15(3)27-19(17)12-18(16)26-4/h10-12H,5-9H2,1-4H3,(H,22,23)(H,24,25)/b13-10+. The number of furan rings is 1. The number of allylic oxidation sites excluding steroid dienone is 1. The van der Waals surface area contributed by atoms with Crippen LogP contribution in [0.25, 0.3) is 16.5 Å². The van der Waals surface area contributed by atoms with E-state index >= 15 is 0 Å². The molecule has 27 heavy (non-hydrogen) atoms. The molecule has 0 saturated carbocycles. The molecule has 6 heteroatoms. The molecule has 1 aromatic carbocycles. The number of amides is 1. The van der Waals surface area contributed by atoms with E-state index in [1.54, 1.807) is 13.2 Å². The second kappa shape index (κ2) is 9.26. The van der Waals surface area contributed by atoms with E-state index in [1.165, 1.54) is 0 Å². The van der Waals surface area contributed by atoms with Crippen molar-refractivity contribution in [1.29, 1.82) is 0 Å². The molecule has 1 aromatic heterocycles. The summed E-state index contributed by atoms with van der Waals surface area (Å²) >= 11 is 0. The van der Waals surface area contributed by atoms with E-state index in [9.17, 15) is 9.59 Å². The van der Waals surface area contributed by atoms with Gasteiger partial charge in [-0.1, -0.05) is 6.42 Å². The van der Waals surface area contributed by atoms with Crippen LogP contribution < -0.4 is 10.1 Å². The van der Waals surface area contributed by atoms with Crippen molar-refractivity contribution in [2.24, 2.45) is 0 Å². The number of aliphatic carboxylic acids is 1. The van der Waals surface area contributed by atoms with E-state index in [0.717, 1.165) is 46.3 Å². The van der Waals surface area contributed by atoms with Gasteiger partial charge in [-0.15, -0.1) is 0 Å². The Morgan fingerprint density at radius 2 is 1.96 bits per heavy atom. The summed E-state index contributed by atoms with van der Waals surface area (Å²) in [5.74, 6) is 0.567. The van der Waals surface area contributed by atoms with Crippen molar-refractivity contribution in [3.63, 3.8) is 0 Å². The van der Waals surface area contributed by atoms with Crippen LogP contribution in [0.4, 0.5) is 0 Å². The molecule has 6 nitrogen and oxygen atoms in total. The van der Waals surface area contributed by atoms with Crippen LogP contribution in [-0.2, 0) is 9.59 Å². The van der Waals surface area contributed by atoms with Gasteiger partial charge in [0.15, 0.2) is 0 Å². The van der Waals surface area contributed by atoms with Gasteiger partial charge in [0.05, 0.1) is 7.11 Å². The molecule has 0 aliphatic carbocycles. The lowest BCUT2D eigenvalue weighted by molar-refractivity contribution is -0.137. The fourth-order valence-electron chi connectivity index (χ4n) is 2.96. The molecule has 0 fully saturated rings. The van der Waals surface area contributed by atoms with Crippen LogP contribution in [0.15, 0.2) is 22.6 Å². The summed E-state index contributed by atoms with van der Waals surface area (Å²) in [5.41, 5.74) is 3.50. The minimum absolute atomic E-state index is 0.169. The third kappa shape index (κ3) is 5.36. The van der Waals surface area contributed by atoms with Crippen molar-refractivity contribution in [3.05, 3.63) is 35.1 Å². The number of methoxy groups -OCH3 is 1. The zero-order valence-corrected chi connectivity index (χ0v) is 16.3. The number of nitrogens with one attached hydrogen (secondary N) is 1. The molecule has 0 aliphatic heterocycles. The Hall–Kier alpha value is -2.76. The van der Waals surface area contributed by atoms with Gasteiger partial charge in [0.25, 0.3) is 0 Å². The molecule has 2 N–H and O–H groups in total. The summed E-state index contributed by atoms with van der Waals surface area (Å²) in [6.45, 7) is 6.33. The number of benzene rings is 1. The highest BCUT2D eigenvalue weighted by Crippen LogP contribution is 2.34. The lowest BCUT2D eigenvalue weighted by Crippen LogP contribution is -2.22. The molecule has 2 rings (SSSR count). The average molecular weight is 373 g/mol. The van der Waals surface area contributed by atoms with Gasteiger partial charge in [0.1, 0.15) is 17.1 Å². The van der Waals surface area contributed by atoms with Gasteiger partial charge in [-0.3, -0.25) is 9.59 Å². The van der Waals surface area contributed by atoms with E-state index in [0.29, 0.717) is 18.7 Å². The number of fused-ring (bicyclic) bond motifs is 1. The van der Waals surface area contributed by atoms with Crippen LogP contribution in [0, 0.1) is 13.8 Å². The zero-order valence-electron chi connectivity index (χ0n) is 16.3. The van der Waals surface area contributed by atoms with Gasteiger partial charge in [0.2, 0.25) is 5.91 Å². The molecule has 2 aromatic rings. The molecule has 0 atom stereocenters. The van der Waals surface area contributed by atoms with Crippen molar-refractivity contribution in [2.75, 3.05) is 13.7 Å². The van der Waals surface area contributed by atoms with Crippen molar-refractivity contribution in [3.8, 4) is 5.75 Å². The lowest BCUT2D eigenvalue weighted by Gasteiger charge is -2.10. The van der Waals surface area contributed by atoms with Crippen molar-refractivity contribution >= 4 is 28.4 Å². The third-order valence-electron chi connectivity index (χ3n) is 4.64. The highest BCUT2D eigenvalue weighted by atomic mass is 16.5. The Balaban J connectivity index is 2.04. The summed E-state index contributed by atoms with van der Waals surface area (Å²) in [6.07, 6.45) is 3.89. The molecule has 0 bridgehead atoms. The van der Waals surface area contributed by atoms with Gasteiger partial charge < -0.3 is 19.6 Å². The number of carboxylic acids is 1. The van der Waals surface area contributed by atoms with E-state index in [1.807, 2.05) is 32.9 Å². The predicted octanol–water partition coefficient (Wildman–Crippen LogP) is 4.22. The minimum Gasteiger partial charge on any atom is -0.496 e. The first-order chi connectivity index (χ1) is 12.8. The first-order valence-corrected chi connectivity index (χ1v) is 9.09. The number of rotatable bonds is 9. The molecule has 0 radical (unpaired) electrons. The molecule has 0 spiro atoms. The Labute approximate surface area is 159 Å². The van der Waals surface area contributed by atoms with E-state index in [4.69, 9.17) is 14.3 Å². The average Bonchev–Trinajstić information content (AvgIpc) is 2.90. The summed E-state index contributed by atoms with van der Waals surface area (Å²) in [7, 11) is 1.60. The smallest absolute Gasteiger partial charge is 0.303 e. The van der Waals surface area contributed by atoms with Crippen LogP contribution in [0.3, 0.4) is 0 Å². The SMILES string of the molecule is COc1cc2oc(C)c(C)c2cc1/C(C)=C/C(=O)NCCCCCC(=O)O. The molecule has 0 unspecified atom stereocenters. The van der Waals surface area contributed by atoms with E-state index < -0.39 is 5.97 Å². The normalized spacial score (nSPS) is 11.6. The first-order valence-electron chi connectivity index (χ1n) is 9.09. The van der Waals surface area contributed by atoms with Crippen LogP contribution in [-0.4, -0.2) is 30.6 Å². The van der Waals surface area contributed by atoms with E-state index in [2.05, 4.69) is 5.32 Å². The Morgan fingerprint density at radius 1 is 1.22 bits per heavy atom. The van der Waals surface area contributed by atoms with Crippen LogP contribution in [0.2, 0.25) is 0 Å². The number of hydrogen-bond acceptors (Lipinski definition) is 4. The second-order valence-corrected chi connectivity index (χ2v) is 6.65. The molecule has 146 valence electrons. The summed E-state index contributed by atoms with van der Waals surface area (Å²) in [5, 5.41) is 12.4. The maximum absolute atomic E-state index is 12.2. The second-order valence-electron chi connectivity index (χ2n) is 6.65. The number of hydrogen-bond donors (Lipinski definition) is 2. The highest BCUT2D eigenvalue weighted by Gasteiger charge is 2.14. The zero-order chi connectivity index (χ0) is 20.0. The molecule has 1 amide bonds. The fraction of sp³-hybridized carbons (Fsp3) is 0.429. The van der Waals surface area contributed by atoms with Crippen molar-refractivity contribution in [2.45, 2.75) is 46.5 Å². The lowest BCUT2D eigenvalue weighted by atomic mass is 10.0. The predicted molar refractivity (Wildman–Crippen MR) is 105 cm³/mol. The molecular formula is C21H27NO5. The number of unbranched alkanes of at least 4 members (excludes halogenated alkanes) is 2. The maximum atomic E-state index is 12.2. The fourth-order valence-corrected chi connectivity index (χ4v) is 2.96. The van der Waals surface area contributed by atoms with Crippen LogP contribution in [0.1, 0.15) is 49.5 Å².